The minimum atomic E-state index is -0.326. The van der Waals surface area contributed by atoms with E-state index in [0.717, 1.165) is 38.0 Å². The van der Waals surface area contributed by atoms with E-state index in [4.69, 9.17) is 9.47 Å². The summed E-state index contributed by atoms with van der Waals surface area (Å²) in [4.78, 5) is 10.7. The van der Waals surface area contributed by atoms with Crippen molar-refractivity contribution in [3.63, 3.8) is 0 Å². The number of hydrogen-bond donors (Lipinski definition) is 1. The highest BCUT2D eigenvalue weighted by Gasteiger charge is 2.40. The minimum absolute atomic E-state index is 0.140. The van der Waals surface area contributed by atoms with Crippen LogP contribution >= 0.6 is 0 Å². The third kappa shape index (κ3) is 3.23. The van der Waals surface area contributed by atoms with Gasteiger partial charge in [-0.2, -0.15) is 0 Å². The zero-order chi connectivity index (χ0) is 14.7. The van der Waals surface area contributed by atoms with Gasteiger partial charge in [0, 0.05) is 43.9 Å². The molecule has 2 aliphatic heterocycles. The monoisotopic (exact) mass is 292 g/mol. The predicted molar refractivity (Wildman–Crippen MR) is 77.1 cm³/mol. The first-order valence-electron chi connectivity index (χ1n) is 7.36. The Bertz CT molecular complexity index is 514. The highest BCUT2D eigenvalue weighted by Crippen LogP contribution is 2.33. The first-order valence-corrected chi connectivity index (χ1v) is 7.36. The van der Waals surface area contributed by atoms with E-state index in [1.165, 1.54) is 0 Å². The highest BCUT2D eigenvalue weighted by atomic mass is 16.6. The summed E-state index contributed by atoms with van der Waals surface area (Å²) in [5, 5.41) is 14.5. The van der Waals surface area contributed by atoms with Gasteiger partial charge in [0.1, 0.15) is 0 Å². The molecule has 21 heavy (non-hydrogen) atoms. The van der Waals surface area contributed by atoms with Crippen LogP contribution < -0.4 is 5.32 Å². The SMILES string of the molecule is O=[N+]([O-])c1ccccc1CNC1CCOC2(CCOC2)C1. The van der Waals surface area contributed by atoms with Gasteiger partial charge in [-0.15, -0.1) is 0 Å². The van der Waals surface area contributed by atoms with Crippen LogP contribution in [0.5, 0.6) is 0 Å². The predicted octanol–water partition coefficient (Wildman–Crippen LogP) is 2.02. The molecule has 3 rings (SSSR count). The van der Waals surface area contributed by atoms with Gasteiger partial charge >= 0.3 is 0 Å². The van der Waals surface area contributed by atoms with Crippen LogP contribution in [0, 0.1) is 10.1 Å². The Morgan fingerprint density at radius 2 is 2.24 bits per heavy atom. The Balaban J connectivity index is 1.61. The normalized spacial score (nSPS) is 28.9. The van der Waals surface area contributed by atoms with Crippen molar-refractivity contribution in [1.82, 2.24) is 5.32 Å². The number of nitrogens with one attached hydrogen (secondary N) is 1. The van der Waals surface area contributed by atoms with E-state index in [0.29, 0.717) is 19.2 Å². The van der Waals surface area contributed by atoms with Gasteiger partial charge in [-0.1, -0.05) is 18.2 Å². The van der Waals surface area contributed by atoms with E-state index in [2.05, 4.69) is 5.32 Å². The molecule has 114 valence electrons. The summed E-state index contributed by atoms with van der Waals surface area (Å²) < 4.78 is 11.4. The smallest absolute Gasteiger partial charge is 0.273 e. The summed E-state index contributed by atoms with van der Waals surface area (Å²) in [6.07, 6.45) is 2.78. The van der Waals surface area contributed by atoms with Crippen molar-refractivity contribution in [2.75, 3.05) is 19.8 Å². The van der Waals surface area contributed by atoms with Crippen molar-refractivity contribution < 1.29 is 14.4 Å². The third-order valence-corrected chi connectivity index (χ3v) is 4.33. The van der Waals surface area contributed by atoms with Gasteiger partial charge in [0.15, 0.2) is 0 Å². The molecular formula is C15H20N2O4. The molecule has 2 heterocycles. The lowest BCUT2D eigenvalue weighted by atomic mass is 9.89. The number of nitro benzene ring substituents is 1. The van der Waals surface area contributed by atoms with Crippen LogP contribution in [0.3, 0.4) is 0 Å². The minimum Gasteiger partial charge on any atom is -0.378 e. The van der Waals surface area contributed by atoms with E-state index >= 15 is 0 Å². The van der Waals surface area contributed by atoms with Crippen LogP contribution in [0.1, 0.15) is 24.8 Å². The molecule has 2 aliphatic rings. The molecule has 2 atom stereocenters. The van der Waals surface area contributed by atoms with E-state index < -0.39 is 0 Å². The molecule has 1 aromatic rings. The largest absolute Gasteiger partial charge is 0.378 e. The third-order valence-electron chi connectivity index (χ3n) is 4.33. The summed E-state index contributed by atoms with van der Waals surface area (Å²) in [6, 6.07) is 7.20. The number of nitrogens with zero attached hydrogens (tertiary/aromatic N) is 1. The van der Waals surface area contributed by atoms with Crippen LogP contribution in [-0.4, -0.2) is 36.4 Å². The molecule has 0 aromatic heterocycles. The molecule has 0 radical (unpaired) electrons. The van der Waals surface area contributed by atoms with Crippen molar-refractivity contribution >= 4 is 5.69 Å². The molecule has 0 amide bonds. The lowest BCUT2D eigenvalue weighted by molar-refractivity contribution is -0.385. The fraction of sp³-hybridized carbons (Fsp3) is 0.600. The molecule has 2 fully saturated rings. The fourth-order valence-electron chi connectivity index (χ4n) is 3.16. The number of ether oxygens (including phenoxy) is 2. The molecule has 0 aliphatic carbocycles. The van der Waals surface area contributed by atoms with Gasteiger partial charge < -0.3 is 14.8 Å². The lowest BCUT2D eigenvalue weighted by Crippen LogP contribution is -2.47. The maximum absolute atomic E-state index is 11.0. The Labute approximate surface area is 123 Å². The molecule has 2 saturated heterocycles. The summed E-state index contributed by atoms with van der Waals surface area (Å²) in [5.41, 5.74) is 0.764. The Kier molecular flexibility index (Phi) is 4.19. The molecule has 1 N–H and O–H groups in total. The van der Waals surface area contributed by atoms with Crippen molar-refractivity contribution in [3.05, 3.63) is 39.9 Å². The molecule has 6 nitrogen and oxygen atoms in total. The van der Waals surface area contributed by atoms with Gasteiger partial charge in [-0.25, -0.2) is 0 Å². The summed E-state index contributed by atoms with van der Waals surface area (Å²) in [5.74, 6) is 0. The molecule has 2 unspecified atom stereocenters. The lowest BCUT2D eigenvalue weighted by Gasteiger charge is -2.37. The van der Waals surface area contributed by atoms with Gasteiger partial charge in [0.05, 0.1) is 17.1 Å². The van der Waals surface area contributed by atoms with Crippen LogP contribution in [-0.2, 0) is 16.0 Å². The van der Waals surface area contributed by atoms with E-state index in [1.807, 2.05) is 6.07 Å². The van der Waals surface area contributed by atoms with E-state index in [-0.39, 0.29) is 16.2 Å². The topological polar surface area (TPSA) is 73.6 Å². The number of nitro groups is 1. The summed E-state index contributed by atoms with van der Waals surface area (Å²) in [7, 11) is 0. The second kappa shape index (κ2) is 6.09. The molecule has 1 aromatic carbocycles. The molecule has 1 spiro atoms. The summed E-state index contributed by atoms with van der Waals surface area (Å²) >= 11 is 0. The Morgan fingerprint density at radius 3 is 3.00 bits per heavy atom. The molecular weight excluding hydrogens is 272 g/mol. The maximum atomic E-state index is 11.0. The second-order valence-corrected chi connectivity index (χ2v) is 5.79. The standard InChI is InChI=1S/C15H20N2O4/c18-17(19)14-4-2-1-3-12(14)10-16-13-5-7-21-15(9-13)6-8-20-11-15/h1-4,13,16H,5-11H2. The second-order valence-electron chi connectivity index (χ2n) is 5.79. The van der Waals surface area contributed by atoms with Crippen LogP contribution in [0.25, 0.3) is 0 Å². The Morgan fingerprint density at radius 1 is 1.38 bits per heavy atom. The quantitative estimate of drug-likeness (QED) is 0.679. The first kappa shape index (κ1) is 14.4. The fourth-order valence-corrected chi connectivity index (χ4v) is 3.16. The van der Waals surface area contributed by atoms with Gasteiger partial charge in [-0.05, 0) is 12.8 Å². The van der Waals surface area contributed by atoms with Gasteiger partial charge in [0.2, 0.25) is 0 Å². The molecule has 6 heteroatoms. The highest BCUT2D eigenvalue weighted by molar-refractivity contribution is 5.39. The van der Waals surface area contributed by atoms with Crippen molar-refractivity contribution in [2.24, 2.45) is 0 Å². The number of para-hydroxylation sites is 1. The van der Waals surface area contributed by atoms with Crippen molar-refractivity contribution in [1.29, 1.82) is 0 Å². The van der Waals surface area contributed by atoms with Gasteiger partial charge in [-0.3, -0.25) is 10.1 Å². The number of rotatable bonds is 4. The zero-order valence-electron chi connectivity index (χ0n) is 11.9. The first-order chi connectivity index (χ1) is 10.2. The average molecular weight is 292 g/mol. The van der Waals surface area contributed by atoms with Crippen LogP contribution in [0.15, 0.2) is 24.3 Å². The van der Waals surface area contributed by atoms with E-state index in [1.54, 1.807) is 18.2 Å². The molecule has 0 saturated carbocycles. The zero-order valence-corrected chi connectivity index (χ0v) is 11.9. The molecule has 0 bridgehead atoms. The van der Waals surface area contributed by atoms with Crippen LogP contribution in [0.2, 0.25) is 0 Å². The van der Waals surface area contributed by atoms with Crippen molar-refractivity contribution in [2.45, 2.75) is 37.5 Å². The average Bonchev–Trinajstić information content (AvgIpc) is 2.93. The van der Waals surface area contributed by atoms with Crippen molar-refractivity contribution in [3.8, 4) is 0 Å². The maximum Gasteiger partial charge on any atom is 0.273 e. The van der Waals surface area contributed by atoms with Gasteiger partial charge in [0.25, 0.3) is 5.69 Å². The van der Waals surface area contributed by atoms with Crippen LogP contribution in [0.4, 0.5) is 5.69 Å². The Hall–Kier alpha value is -1.50. The van der Waals surface area contributed by atoms with E-state index in [9.17, 15) is 10.1 Å². The number of benzene rings is 1. The summed E-state index contributed by atoms with van der Waals surface area (Å²) in [6.45, 7) is 2.66. The number of hydrogen-bond acceptors (Lipinski definition) is 5.